The van der Waals surface area contributed by atoms with Gasteiger partial charge in [-0.15, -0.1) is 0 Å². The number of benzene rings is 12. The Bertz CT molecular complexity index is 3640. The highest BCUT2D eigenvalue weighted by Gasteiger charge is 2.21. The van der Waals surface area contributed by atoms with E-state index in [2.05, 4.69) is 170 Å². The van der Waals surface area contributed by atoms with Crippen molar-refractivity contribution in [2.45, 2.75) is 0 Å². The second-order valence-corrected chi connectivity index (χ2v) is 14.8. The van der Waals surface area contributed by atoms with Gasteiger partial charge in [0, 0.05) is 16.2 Å². The fourth-order valence-corrected chi connectivity index (χ4v) is 9.76. The molecule has 0 saturated carbocycles. The molecule has 0 N–H and O–H groups in total. The van der Waals surface area contributed by atoms with Crippen LogP contribution in [-0.2, 0) is 0 Å². The summed E-state index contributed by atoms with van der Waals surface area (Å²) in [6.45, 7) is 0. The highest BCUT2D eigenvalue weighted by molar-refractivity contribution is 6.30. The Morgan fingerprint density at radius 1 is 0.264 bits per heavy atom. The fraction of sp³-hybridized carbons (Fsp3) is 0. The Balaban J connectivity index is 1.17. The second kappa shape index (κ2) is 9.88. The fourth-order valence-electron chi connectivity index (χ4n) is 9.76. The third-order valence-electron chi connectivity index (χ3n) is 12.1. The van der Waals surface area contributed by atoms with Crippen molar-refractivity contribution in [2.24, 2.45) is 0 Å². The molecule has 0 spiro atoms. The molecule has 0 aliphatic carbocycles. The predicted molar refractivity (Wildman–Crippen MR) is 227 cm³/mol. The molecule has 0 radical (unpaired) electrons. The largest absolute Gasteiger partial charge is 0.455 e. The molecule has 0 bridgehead atoms. The van der Waals surface area contributed by atoms with Crippen LogP contribution >= 0.6 is 0 Å². The third kappa shape index (κ3) is 3.61. The average molecular weight is 669 g/mol. The molecule has 0 amide bonds. The lowest BCUT2D eigenvalue weighted by molar-refractivity contribution is 0.673. The topological polar surface area (TPSA) is 13.1 Å². The molecular formula is C52H28O. The minimum absolute atomic E-state index is 0.917. The maximum absolute atomic E-state index is 6.90. The molecule has 13 aromatic rings. The Kier molecular flexibility index (Phi) is 5.17. The molecule has 0 fully saturated rings. The second-order valence-electron chi connectivity index (χ2n) is 14.8. The molecule has 0 saturated heterocycles. The van der Waals surface area contributed by atoms with Crippen molar-refractivity contribution in [3.05, 3.63) is 170 Å². The van der Waals surface area contributed by atoms with Gasteiger partial charge in [0.05, 0.1) is 0 Å². The average Bonchev–Trinajstić information content (AvgIpc) is 3.61. The summed E-state index contributed by atoms with van der Waals surface area (Å²) < 4.78 is 6.90. The molecule has 12 aromatic carbocycles. The van der Waals surface area contributed by atoms with E-state index in [0.717, 1.165) is 21.9 Å². The first-order chi connectivity index (χ1) is 26.3. The van der Waals surface area contributed by atoms with Crippen LogP contribution in [0.5, 0.6) is 0 Å². The zero-order valence-electron chi connectivity index (χ0n) is 28.6. The van der Waals surface area contributed by atoms with E-state index in [9.17, 15) is 0 Å². The molecule has 1 nitrogen and oxygen atoms in total. The first-order valence-corrected chi connectivity index (χ1v) is 18.4. The molecule has 1 heteroatoms. The molecule has 0 aliphatic rings. The lowest BCUT2D eigenvalue weighted by Gasteiger charge is -2.17. The quantitative estimate of drug-likeness (QED) is 0.167. The van der Waals surface area contributed by atoms with E-state index in [1.807, 2.05) is 0 Å². The van der Waals surface area contributed by atoms with Crippen LogP contribution in [0.2, 0.25) is 0 Å². The van der Waals surface area contributed by atoms with Crippen LogP contribution in [0.15, 0.2) is 174 Å². The van der Waals surface area contributed by atoms with Crippen molar-refractivity contribution in [3.63, 3.8) is 0 Å². The summed E-state index contributed by atoms with van der Waals surface area (Å²) in [6, 6.07) is 63.2. The van der Waals surface area contributed by atoms with E-state index >= 15 is 0 Å². The first kappa shape index (κ1) is 27.7. The van der Waals surface area contributed by atoms with Gasteiger partial charge in [0.25, 0.3) is 0 Å². The van der Waals surface area contributed by atoms with Gasteiger partial charge in [0.2, 0.25) is 0 Å². The maximum Gasteiger partial charge on any atom is 0.143 e. The van der Waals surface area contributed by atoms with Gasteiger partial charge in [-0.3, -0.25) is 0 Å². The van der Waals surface area contributed by atoms with Gasteiger partial charge >= 0.3 is 0 Å². The van der Waals surface area contributed by atoms with E-state index in [4.69, 9.17) is 4.42 Å². The Morgan fingerprint density at radius 3 is 1.47 bits per heavy atom. The van der Waals surface area contributed by atoms with Crippen LogP contribution < -0.4 is 0 Å². The zero-order chi connectivity index (χ0) is 34.4. The summed E-state index contributed by atoms with van der Waals surface area (Å²) in [7, 11) is 0. The van der Waals surface area contributed by atoms with E-state index < -0.39 is 0 Å². The summed E-state index contributed by atoms with van der Waals surface area (Å²) in [5.74, 6) is 0. The van der Waals surface area contributed by atoms with E-state index in [1.54, 1.807) is 0 Å². The normalized spacial score (nSPS) is 12.5. The van der Waals surface area contributed by atoms with E-state index in [0.29, 0.717) is 0 Å². The molecular weight excluding hydrogens is 641 g/mol. The van der Waals surface area contributed by atoms with Gasteiger partial charge < -0.3 is 4.42 Å². The summed E-state index contributed by atoms with van der Waals surface area (Å²) in [5.41, 5.74) is 6.74. The van der Waals surface area contributed by atoms with Crippen LogP contribution in [0.1, 0.15) is 0 Å². The zero-order valence-corrected chi connectivity index (χ0v) is 28.6. The van der Waals surface area contributed by atoms with Gasteiger partial charge in [-0.05, 0) is 121 Å². The van der Waals surface area contributed by atoms with Crippen LogP contribution in [0.3, 0.4) is 0 Å². The van der Waals surface area contributed by atoms with Crippen molar-refractivity contribution < 1.29 is 4.42 Å². The minimum atomic E-state index is 0.917. The van der Waals surface area contributed by atoms with Gasteiger partial charge in [0.15, 0.2) is 0 Å². The Morgan fingerprint density at radius 2 is 0.774 bits per heavy atom. The highest BCUT2D eigenvalue weighted by atomic mass is 16.3. The smallest absolute Gasteiger partial charge is 0.143 e. The number of hydrogen-bond donors (Lipinski definition) is 0. The van der Waals surface area contributed by atoms with Crippen molar-refractivity contribution in [2.75, 3.05) is 0 Å². The lowest BCUT2D eigenvalue weighted by Crippen LogP contribution is -1.90. The van der Waals surface area contributed by atoms with Gasteiger partial charge in [-0.2, -0.15) is 0 Å². The number of rotatable bonds is 2. The van der Waals surface area contributed by atoms with Crippen LogP contribution in [0, 0.1) is 0 Å². The van der Waals surface area contributed by atoms with Crippen molar-refractivity contribution >= 4 is 108 Å². The molecule has 242 valence electrons. The number of furan rings is 1. The molecule has 1 aromatic heterocycles. The minimum Gasteiger partial charge on any atom is -0.455 e. The van der Waals surface area contributed by atoms with Gasteiger partial charge in [0.1, 0.15) is 11.2 Å². The van der Waals surface area contributed by atoms with Crippen LogP contribution in [0.25, 0.3) is 130 Å². The first-order valence-electron chi connectivity index (χ1n) is 18.4. The molecule has 0 unspecified atom stereocenters. The maximum atomic E-state index is 6.90. The lowest BCUT2D eigenvalue weighted by atomic mass is 9.86. The standard InChI is InChI=1S/C52H28O/c1-2-10-38-29(5-1)15-26-43-51-42-25-20-36(37-21-16-34-13-11-30-6-3-8-32-18-23-40(37)49(34)47(30)32)27-44(42)45(28-46(51)53-52(38)43)39-22-17-35-14-12-31-7-4-9-33-19-24-41(39)50(35)48(31)33/h1-28H. The molecule has 0 atom stereocenters. The number of hydrogen-bond acceptors (Lipinski definition) is 1. The highest BCUT2D eigenvalue weighted by Crippen LogP contribution is 2.47. The summed E-state index contributed by atoms with van der Waals surface area (Å²) in [6.07, 6.45) is 0. The van der Waals surface area contributed by atoms with Gasteiger partial charge in [-0.25, -0.2) is 0 Å². The molecule has 0 aliphatic heterocycles. The SMILES string of the molecule is c1ccc2c(c1)ccc1c2oc2cc(-c3ccc4ccc5cccc6ccc3c4c56)c3cc(-c4ccc5ccc6cccc7ccc4c5c67)ccc3c21. The van der Waals surface area contributed by atoms with Crippen LogP contribution in [0.4, 0.5) is 0 Å². The van der Waals surface area contributed by atoms with Crippen LogP contribution in [-0.4, -0.2) is 0 Å². The predicted octanol–water partition coefficient (Wildman–Crippen LogP) is 15.0. The summed E-state index contributed by atoms with van der Waals surface area (Å²) in [4.78, 5) is 0. The molecule has 53 heavy (non-hydrogen) atoms. The van der Waals surface area contributed by atoms with Crippen molar-refractivity contribution in [1.82, 2.24) is 0 Å². The third-order valence-corrected chi connectivity index (χ3v) is 12.1. The summed E-state index contributed by atoms with van der Waals surface area (Å²) >= 11 is 0. The molecule has 1 heterocycles. The number of fused-ring (bicyclic) bond motifs is 7. The summed E-state index contributed by atoms with van der Waals surface area (Å²) in [5, 5.41) is 22.7. The Hall–Kier alpha value is -6.96. The van der Waals surface area contributed by atoms with Crippen molar-refractivity contribution in [3.8, 4) is 22.3 Å². The van der Waals surface area contributed by atoms with E-state index in [-0.39, 0.29) is 0 Å². The van der Waals surface area contributed by atoms with E-state index in [1.165, 1.54) is 108 Å². The van der Waals surface area contributed by atoms with Crippen molar-refractivity contribution in [1.29, 1.82) is 0 Å². The monoisotopic (exact) mass is 668 g/mol. The Labute approximate surface area is 303 Å². The van der Waals surface area contributed by atoms with Gasteiger partial charge in [-0.1, -0.05) is 152 Å². The molecule has 13 rings (SSSR count).